The first-order chi connectivity index (χ1) is 12.0. The summed E-state index contributed by atoms with van der Waals surface area (Å²) in [5.74, 6) is 1.37. The van der Waals surface area contributed by atoms with Crippen LogP contribution >= 0.6 is 0 Å². The second kappa shape index (κ2) is 6.51. The third kappa shape index (κ3) is 3.18. The lowest BCUT2D eigenvalue weighted by atomic mass is 9.83. The summed E-state index contributed by atoms with van der Waals surface area (Å²) in [5, 5.41) is 3.95. The number of hydrogen-bond donors (Lipinski definition) is 2. The Kier molecular flexibility index (Phi) is 4.40. The highest BCUT2D eigenvalue weighted by Crippen LogP contribution is 2.33. The summed E-state index contributed by atoms with van der Waals surface area (Å²) < 4.78 is 10.5. The third-order valence-corrected chi connectivity index (χ3v) is 4.46. The van der Waals surface area contributed by atoms with E-state index in [0.29, 0.717) is 11.4 Å². The van der Waals surface area contributed by atoms with Gasteiger partial charge < -0.3 is 19.8 Å². The van der Waals surface area contributed by atoms with Crippen LogP contribution in [0, 0.1) is 0 Å². The first kappa shape index (κ1) is 16.9. The van der Waals surface area contributed by atoms with Gasteiger partial charge in [-0.15, -0.1) is 0 Å². The van der Waals surface area contributed by atoms with Gasteiger partial charge in [0.05, 0.1) is 19.6 Å². The van der Waals surface area contributed by atoms with Crippen LogP contribution < -0.4 is 14.8 Å². The van der Waals surface area contributed by atoms with Crippen molar-refractivity contribution in [1.82, 2.24) is 4.98 Å². The van der Waals surface area contributed by atoms with Crippen LogP contribution in [0.4, 0.5) is 5.69 Å². The van der Waals surface area contributed by atoms with Gasteiger partial charge in [0, 0.05) is 28.9 Å². The van der Waals surface area contributed by atoms with Crippen molar-refractivity contribution in [3.8, 4) is 11.5 Å². The fourth-order valence-corrected chi connectivity index (χ4v) is 2.85. The van der Waals surface area contributed by atoms with Gasteiger partial charge in [-0.1, -0.05) is 6.07 Å². The number of benzene rings is 2. The van der Waals surface area contributed by atoms with Gasteiger partial charge in [0.1, 0.15) is 11.5 Å². The Morgan fingerprint density at radius 1 is 1.04 bits per heavy atom. The van der Waals surface area contributed by atoms with E-state index in [2.05, 4.69) is 10.3 Å². The van der Waals surface area contributed by atoms with E-state index in [-0.39, 0.29) is 5.91 Å². The molecule has 5 nitrogen and oxygen atoms in total. The normalized spacial score (nSPS) is 11.4. The van der Waals surface area contributed by atoms with Crippen molar-refractivity contribution >= 4 is 22.5 Å². The number of H-pyrrole nitrogens is 1. The minimum atomic E-state index is -0.728. The highest BCUT2D eigenvalue weighted by atomic mass is 16.5. The fourth-order valence-electron chi connectivity index (χ4n) is 2.85. The number of hydrogen-bond acceptors (Lipinski definition) is 3. The minimum Gasteiger partial charge on any atom is -0.497 e. The first-order valence-electron chi connectivity index (χ1n) is 8.07. The van der Waals surface area contributed by atoms with E-state index in [4.69, 9.17) is 9.47 Å². The molecule has 3 rings (SSSR count). The molecule has 0 saturated carbocycles. The SMILES string of the molecule is COc1cccc(NC(=O)C(C)(C)c2c[nH]c3ccc(OC)cc23)c1. The first-order valence-corrected chi connectivity index (χ1v) is 8.07. The van der Waals surface area contributed by atoms with E-state index in [1.54, 1.807) is 20.3 Å². The van der Waals surface area contributed by atoms with Gasteiger partial charge in [-0.2, -0.15) is 0 Å². The van der Waals surface area contributed by atoms with Crippen molar-refractivity contribution in [2.45, 2.75) is 19.3 Å². The van der Waals surface area contributed by atoms with Crippen molar-refractivity contribution < 1.29 is 14.3 Å². The predicted molar refractivity (Wildman–Crippen MR) is 99.5 cm³/mol. The van der Waals surface area contributed by atoms with Gasteiger partial charge >= 0.3 is 0 Å². The van der Waals surface area contributed by atoms with Crippen LogP contribution in [0.25, 0.3) is 10.9 Å². The molecule has 2 aromatic carbocycles. The van der Waals surface area contributed by atoms with Gasteiger partial charge in [0.2, 0.25) is 5.91 Å². The van der Waals surface area contributed by atoms with E-state index < -0.39 is 5.41 Å². The minimum absolute atomic E-state index is 0.0931. The second-order valence-corrected chi connectivity index (χ2v) is 6.42. The number of rotatable bonds is 5. The van der Waals surface area contributed by atoms with Crippen LogP contribution in [0.2, 0.25) is 0 Å². The topological polar surface area (TPSA) is 63.3 Å². The number of ether oxygens (including phenoxy) is 2. The molecule has 1 heterocycles. The molecule has 0 fully saturated rings. The molecular weight excluding hydrogens is 316 g/mol. The van der Waals surface area contributed by atoms with Crippen molar-refractivity contribution in [2.75, 3.05) is 19.5 Å². The molecule has 5 heteroatoms. The molecule has 0 aliphatic heterocycles. The molecule has 0 spiro atoms. The number of aromatic amines is 1. The quantitative estimate of drug-likeness (QED) is 0.736. The zero-order chi connectivity index (χ0) is 18.0. The molecular formula is C20H22N2O3. The molecule has 0 aliphatic carbocycles. The molecule has 0 saturated heterocycles. The Labute approximate surface area is 147 Å². The van der Waals surface area contributed by atoms with Crippen molar-refractivity contribution in [1.29, 1.82) is 0 Å². The van der Waals surface area contributed by atoms with E-state index in [9.17, 15) is 4.79 Å². The third-order valence-electron chi connectivity index (χ3n) is 4.46. The fraction of sp³-hybridized carbons (Fsp3) is 0.250. The smallest absolute Gasteiger partial charge is 0.234 e. The lowest BCUT2D eigenvalue weighted by Gasteiger charge is -2.23. The molecule has 0 unspecified atom stereocenters. The Balaban J connectivity index is 1.93. The number of carbonyl (C=O) groups excluding carboxylic acids is 1. The number of fused-ring (bicyclic) bond motifs is 1. The maximum absolute atomic E-state index is 12.9. The monoisotopic (exact) mass is 338 g/mol. The van der Waals surface area contributed by atoms with Crippen LogP contribution in [-0.4, -0.2) is 25.1 Å². The van der Waals surface area contributed by atoms with Crippen molar-refractivity contribution in [3.63, 3.8) is 0 Å². The summed E-state index contributed by atoms with van der Waals surface area (Å²) in [6.07, 6.45) is 1.88. The highest BCUT2D eigenvalue weighted by molar-refractivity contribution is 6.02. The average Bonchev–Trinajstić information content (AvgIpc) is 3.05. The van der Waals surface area contributed by atoms with Crippen molar-refractivity contribution in [2.24, 2.45) is 0 Å². The van der Waals surface area contributed by atoms with Crippen LogP contribution in [0.1, 0.15) is 19.4 Å². The Hall–Kier alpha value is -2.95. The molecule has 1 amide bonds. The standard InChI is InChI=1S/C20H22N2O3/c1-20(2,19(23)22-13-6-5-7-14(10-13)24-3)17-12-21-18-9-8-15(25-4)11-16(17)18/h5-12,21H,1-4H3,(H,22,23). The maximum Gasteiger partial charge on any atom is 0.234 e. The van der Waals surface area contributed by atoms with Gasteiger partial charge in [0.25, 0.3) is 0 Å². The summed E-state index contributed by atoms with van der Waals surface area (Å²) in [6, 6.07) is 13.1. The van der Waals surface area contributed by atoms with E-state index in [0.717, 1.165) is 22.2 Å². The molecule has 0 atom stereocenters. The van der Waals surface area contributed by atoms with Crippen LogP contribution in [-0.2, 0) is 10.2 Å². The number of methoxy groups -OCH3 is 2. The number of amides is 1. The van der Waals surface area contributed by atoms with E-state index in [1.807, 2.05) is 56.4 Å². The summed E-state index contributed by atoms with van der Waals surface area (Å²) in [6.45, 7) is 3.81. The zero-order valence-corrected chi connectivity index (χ0v) is 14.8. The highest BCUT2D eigenvalue weighted by Gasteiger charge is 2.32. The Morgan fingerprint density at radius 3 is 2.48 bits per heavy atom. The number of nitrogens with one attached hydrogen (secondary N) is 2. The molecule has 1 aromatic heterocycles. The van der Waals surface area contributed by atoms with E-state index in [1.165, 1.54) is 0 Å². The average molecular weight is 338 g/mol. The van der Waals surface area contributed by atoms with Crippen molar-refractivity contribution in [3.05, 3.63) is 54.2 Å². The van der Waals surface area contributed by atoms with Crippen LogP contribution in [0.5, 0.6) is 11.5 Å². The Morgan fingerprint density at radius 2 is 1.76 bits per heavy atom. The molecule has 0 aliphatic rings. The Bertz CT molecular complexity index is 912. The zero-order valence-electron chi connectivity index (χ0n) is 14.8. The summed E-state index contributed by atoms with van der Waals surface area (Å²) >= 11 is 0. The lowest BCUT2D eigenvalue weighted by molar-refractivity contribution is -0.120. The largest absolute Gasteiger partial charge is 0.497 e. The number of carbonyl (C=O) groups is 1. The van der Waals surface area contributed by atoms with E-state index >= 15 is 0 Å². The van der Waals surface area contributed by atoms with Gasteiger partial charge in [0.15, 0.2) is 0 Å². The lowest BCUT2D eigenvalue weighted by Crippen LogP contribution is -2.34. The van der Waals surface area contributed by atoms with Gasteiger partial charge in [-0.25, -0.2) is 0 Å². The molecule has 0 radical (unpaired) electrons. The number of anilines is 1. The summed E-state index contributed by atoms with van der Waals surface area (Å²) in [5.41, 5.74) is 1.86. The number of aromatic nitrogens is 1. The summed E-state index contributed by atoms with van der Waals surface area (Å²) in [4.78, 5) is 16.2. The molecule has 0 bridgehead atoms. The second-order valence-electron chi connectivity index (χ2n) is 6.42. The molecule has 2 N–H and O–H groups in total. The van der Waals surface area contributed by atoms with Crippen LogP contribution in [0.15, 0.2) is 48.7 Å². The van der Waals surface area contributed by atoms with Crippen LogP contribution in [0.3, 0.4) is 0 Å². The van der Waals surface area contributed by atoms with Gasteiger partial charge in [-0.05, 0) is 49.7 Å². The molecule has 3 aromatic rings. The van der Waals surface area contributed by atoms with Gasteiger partial charge in [-0.3, -0.25) is 4.79 Å². The molecule has 25 heavy (non-hydrogen) atoms. The maximum atomic E-state index is 12.9. The summed E-state index contributed by atoms with van der Waals surface area (Å²) in [7, 11) is 3.23. The molecule has 130 valence electrons. The predicted octanol–water partition coefficient (Wildman–Crippen LogP) is 4.10.